The summed E-state index contributed by atoms with van der Waals surface area (Å²) in [6, 6.07) is 1.92. The molecule has 0 amide bonds. The van der Waals surface area contributed by atoms with Crippen LogP contribution in [0, 0.1) is 0 Å². The van der Waals surface area contributed by atoms with E-state index in [1.807, 2.05) is 19.3 Å². The fraction of sp³-hybridized carbons (Fsp3) is 0.600. The van der Waals surface area contributed by atoms with Gasteiger partial charge in [0.25, 0.3) is 0 Å². The van der Waals surface area contributed by atoms with Gasteiger partial charge in [0.1, 0.15) is 0 Å². The molecule has 1 aromatic rings. The summed E-state index contributed by atoms with van der Waals surface area (Å²) in [5, 5.41) is 19.4. The largest absolute Gasteiger partial charge is 0.481 e. The lowest BCUT2D eigenvalue weighted by Crippen LogP contribution is -2.68. The van der Waals surface area contributed by atoms with Gasteiger partial charge in [0.15, 0.2) is 0 Å². The third kappa shape index (κ3) is 2.40. The number of carboxylic acids is 1. The molecule has 1 aliphatic rings. The Morgan fingerprint density at radius 1 is 1.75 bits per heavy atom. The molecule has 0 bridgehead atoms. The van der Waals surface area contributed by atoms with Crippen LogP contribution in [0.2, 0.25) is 0 Å². The topological polar surface area (TPSA) is 79.2 Å². The highest BCUT2D eigenvalue weighted by Crippen LogP contribution is 2.16. The maximum Gasteiger partial charge on any atom is 0.305 e. The number of aromatic nitrogens is 2. The highest BCUT2D eigenvalue weighted by atomic mass is 16.4. The maximum absolute atomic E-state index is 10.7. The van der Waals surface area contributed by atoms with E-state index in [2.05, 4.69) is 15.7 Å². The molecular formula is C10H16N4O2. The third-order valence-electron chi connectivity index (χ3n) is 2.83. The summed E-state index contributed by atoms with van der Waals surface area (Å²) in [4.78, 5) is 10.7. The summed E-state index contributed by atoms with van der Waals surface area (Å²) >= 11 is 0. The fourth-order valence-electron chi connectivity index (χ4n) is 1.86. The summed E-state index contributed by atoms with van der Waals surface area (Å²) in [7, 11) is 1.86. The molecule has 0 spiro atoms. The number of hydrogen-bond donors (Lipinski definition) is 3. The Hall–Kier alpha value is -1.40. The number of nitrogens with one attached hydrogen (secondary N) is 2. The first-order valence-corrected chi connectivity index (χ1v) is 5.26. The number of carboxylic acid groups (broad SMARTS) is 1. The monoisotopic (exact) mass is 224 g/mol. The van der Waals surface area contributed by atoms with Gasteiger partial charge in [-0.05, 0) is 6.07 Å². The van der Waals surface area contributed by atoms with Gasteiger partial charge in [-0.2, -0.15) is 5.10 Å². The van der Waals surface area contributed by atoms with E-state index in [0.29, 0.717) is 19.6 Å². The Bertz CT molecular complexity index is 384. The van der Waals surface area contributed by atoms with Crippen molar-refractivity contribution in [1.82, 2.24) is 20.4 Å². The molecule has 2 heterocycles. The molecule has 0 unspecified atom stereocenters. The zero-order valence-corrected chi connectivity index (χ0v) is 9.23. The Labute approximate surface area is 93.6 Å². The second-order valence-corrected chi connectivity index (χ2v) is 4.29. The third-order valence-corrected chi connectivity index (χ3v) is 2.83. The Balaban J connectivity index is 1.90. The molecule has 16 heavy (non-hydrogen) atoms. The van der Waals surface area contributed by atoms with Crippen LogP contribution in [-0.2, 0) is 18.4 Å². The molecular weight excluding hydrogens is 208 g/mol. The second-order valence-electron chi connectivity index (χ2n) is 4.29. The van der Waals surface area contributed by atoms with Crippen LogP contribution in [0.15, 0.2) is 12.3 Å². The lowest BCUT2D eigenvalue weighted by atomic mass is 9.88. The van der Waals surface area contributed by atoms with E-state index in [0.717, 1.165) is 5.69 Å². The lowest BCUT2D eigenvalue weighted by Gasteiger charge is -2.42. The van der Waals surface area contributed by atoms with E-state index in [1.165, 1.54) is 0 Å². The highest BCUT2D eigenvalue weighted by molar-refractivity contribution is 5.68. The van der Waals surface area contributed by atoms with Gasteiger partial charge >= 0.3 is 5.97 Å². The van der Waals surface area contributed by atoms with Gasteiger partial charge in [0.05, 0.1) is 17.7 Å². The molecule has 0 saturated carbocycles. The molecule has 0 aromatic carbocycles. The number of carbonyl (C=O) groups is 1. The Morgan fingerprint density at radius 2 is 2.50 bits per heavy atom. The highest BCUT2D eigenvalue weighted by Gasteiger charge is 2.38. The lowest BCUT2D eigenvalue weighted by molar-refractivity contribution is -0.139. The van der Waals surface area contributed by atoms with Crippen LogP contribution in [0.3, 0.4) is 0 Å². The van der Waals surface area contributed by atoms with Gasteiger partial charge in [-0.1, -0.05) is 0 Å². The maximum atomic E-state index is 10.7. The van der Waals surface area contributed by atoms with E-state index in [-0.39, 0.29) is 12.0 Å². The molecule has 0 aliphatic carbocycles. The molecule has 1 aliphatic heterocycles. The summed E-state index contributed by atoms with van der Waals surface area (Å²) in [6.45, 7) is 2.01. The minimum Gasteiger partial charge on any atom is -0.481 e. The van der Waals surface area contributed by atoms with Crippen molar-refractivity contribution >= 4 is 5.97 Å². The number of rotatable bonds is 5. The molecule has 0 atom stereocenters. The molecule has 6 heteroatoms. The Kier molecular flexibility index (Phi) is 2.93. The van der Waals surface area contributed by atoms with Crippen molar-refractivity contribution in [3.63, 3.8) is 0 Å². The van der Waals surface area contributed by atoms with Crippen molar-refractivity contribution in [3.8, 4) is 0 Å². The van der Waals surface area contributed by atoms with Gasteiger partial charge in [0.2, 0.25) is 0 Å². The Morgan fingerprint density at radius 3 is 2.94 bits per heavy atom. The van der Waals surface area contributed by atoms with Crippen molar-refractivity contribution in [2.75, 3.05) is 13.1 Å². The zero-order valence-electron chi connectivity index (χ0n) is 9.23. The van der Waals surface area contributed by atoms with Gasteiger partial charge in [-0.15, -0.1) is 0 Å². The van der Waals surface area contributed by atoms with Gasteiger partial charge in [0, 0.05) is 32.9 Å². The predicted molar refractivity (Wildman–Crippen MR) is 57.9 cm³/mol. The average molecular weight is 224 g/mol. The molecule has 1 aromatic heterocycles. The predicted octanol–water partition coefficient (Wildman–Crippen LogP) is -0.674. The summed E-state index contributed by atoms with van der Waals surface area (Å²) < 4.78 is 1.74. The average Bonchev–Trinajstić information content (AvgIpc) is 2.55. The summed E-state index contributed by atoms with van der Waals surface area (Å²) in [5.74, 6) is -0.768. The first-order chi connectivity index (χ1) is 7.60. The van der Waals surface area contributed by atoms with Crippen LogP contribution in [0.1, 0.15) is 12.1 Å². The second kappa shape index (κ2) is 4.23. The van der Waals surface area contributed by atoms with Crippen LogP contribution in [0.4, 0.5) is 0 Å². The van der Waals surface area contributed by atoms with Crippen LogP contribution in [0.25, 0.3) is 0 Å². The minimum atomic E-state index is -0.768. The van der Waals surface area contributed by atoms with E-state index in [9.17, 15) is 4.79 Å². The van der Waals surface area contributed by atoms with E-state index in [4.69, 9.17) is 5.11 Å². The van der Waals surface area contributed by atoms with Gasteiger partial charge in [-0.25, -0.2) is 0 Å². The zero-order chi connectivity index (χ0) is 11.6. The van der Waals surface area contributed by atoms with Crippen molar-refractivity contribution in [3.05, 3.63) is 18.0 Å². The van der Waals surface area contributed by atoms with Crippen LogP contribution < -0.4 is 10.6 Å². The van der Waals surface area contributed by atoms with E-state index in [1.54, 1.807) is 4.68 Å². The van der Waals surface area contributed by atoms with E-state index < -0.39 is 5.97 Å². The molecule has 1 saturated heterocycles. The smallest absolute Gasteiger partial charge is 0.305 e. The normalized spacial score (nSPS) is 18.1. The number of aliphatic carboxylic acids is 1. The van der Waals surface area contributed by atoms with Crippen LogP contribution in [0.5, 0.6) is 0 Å². The first-order valence-electron chi connectivity index (χ1n) is 5.26. The van der Waals surface area contributed by atoms with Gasteiger partial charge in [-0.3, -0.25) is 9.48 Å². The molecule has 3 N–H and O–H groups in total. The summed E-state index contributed by atoms with van der Waals surface area (Å²) in [6.07, 6.45) is 2.02. The van der Waals surface area contributed by atoms with Crippen molar-refractivity contribution < 1.29 is 9.90 Å². The molecule has 1 fully saturated rings. The number of nitrogens with zero attached hydrogens (tertiary/aromatic N) is 2. The SMILES string of the molecule is Cn1ccc(CNC2(CC(=O)O)CNC2)n1. The summed E-state index contributed by atoms with van der Waals surface area (Å²) in [5.41, 5.74) is 0.628. The standard InChI is InChI=1S/C10H16N4O2/c1-14-3-2-8(13-14)5-12-10(4-9(15)16)6-11-7-10/h2-3,11-12H,4-7H2,1H3,(H,15,16). The number of aryl methyl sites for hydroxylation is 1. The fourth-order valence-corrected chi connectivity index (χ4v) is 1.86. The minimum absolute atomic E-state index is 0.146. The first kappa shape index (κ1) is 11.1. The molecule has 2 rings (SSSR count). The number of hydrogen-bond acceptors (Lipinski definition) is 4. The quantitative estimate of drug-likeness (QED) is 0.618. The van der Waals surface area contributed by atoms with E-state index >= 15 is 0 Å². The molecule has 6 nitrogen and oxygen atoms in total. The van der Waals surface area contributed by atoms with Crippen LogP contribution >= 0.6 is 0 Å². The molecule has 88 valence electrons. The van der Waals surface area contributed by atoms with Crippen molar-refractivity contribution in [2.24, 2.45) is 7.05 Å². The van der Waals surface area contributed by atoms with Crippen LogP contribution in [-0.4, -0.2) is 39.5 Å². The molecule has 0 radical (unpaired) electrons. The van der Waals surface area contributed by atoms with Crippen molar-refractivity contribution in [2.45, 2.75) is 18.5 Å². The van der Waals surface area contributed by atoms with Crippen molar-refractivity contribution in [1.29, 1.82) is 0 Å². The van der Waals surface area contributed by atoms with Gasteiger partial charge < -0.3 is 15.7 Å².